The molecule has 0 amide bonds. The number of hydrogen-bond acceptors (Lipinski definition) is 16. The first kappa shape index (κ1) is 48.8. The van der Waals surface area contributed by atoms with Crippen LogP contribution in [-0.2, 0) is 27.3 Å². The van der Waals surface area contributed by atoms with Gasteiger partial charge in [-0.15, -0.1) is 5.53 Å². The molecule has 0 spiro atoms. The lowest BCUT2D eigenvalue weighted by molar-refractivity contribution is -0.139. The van der Waals surface area contributed by atoms with Gasteiger partial charge in [-0.25, -0.2) is 9.97 Å². The number of hydrazine groups is 2. The number of nitrogens with zero attached hydrogens (tertiary/aromatic N) is 5. The highest BCUT2D eigenvalue weighted by Gasteiger charge is 2.37. The maximum absolute atomic E-state index is 14.0. The molecule has 4 aromatic carbocycles. The lowest BCUT2D eigenvalue weighted by Crippen LogP contribution is -2.42. The molecule has 6 aromatic rings. The molecule has 1 fully saturated rings. The number of rotatable bonds is 22. The van der Waals surface area contributed by atoms with Gasteiger partial charge in [0.15, 0.2) is 5.78 Å². The van der Waals surface area contributed by atoms with Crippen molar-refractivity contribution in [1.82, 2.24) is 35.4 Å². The highest BCUT2D eigenvalue weighted by Crippen LogP contribution is 2.41. The molecular weight excluding hydrogens is 924 g/mol. The molecule has 1 aliphatic carbocycles. The minimum Gasteiger partial charge on any atom is -0.507 e. The smallest absolute Gasteiger partial charge is 0.406 e. The van der Waals surface area contributed by atoms with E-state index in [0.717, 1.165) is 60.5 Å². The Labute approximate surface area is 407 Å². The van der Waals surface area contributed by atoms with Crippen LogP contribution in [0.3, 0.4) is 0 Å². The van der Waals surface area contributed by atoms with Crippen LogP contribution in [0.1, 0.15) is 50.2 Å². The number of anilines is 2. The minimum atomic E-state index is -4.40. The Morgan fingerprint density at radius 2 is 1.45 bits per heavy atom. The number of ketones is 2. The summed E-state index contributed by atoms with van der Waals surface area (Å²) in [7, 11) is 0. The van der Waals surface area contributed by atoms with E-state index >= 15 is 0 Å². The molecule has 0 atom stereocenters. The van der Waals surface area contributed by atoms with Gasteiger partial charge >= 0.3 is 6.18 Å². The first-order valence-electron chi connectivity index (χ1n) is 23.4. The minimum absolute atomic E-state index is 0.0311. The summed E-state index contributed by atoms with van der Waals surface area (Å²) in [5.74, 6) is -1.77. The van der Waals surface area contributed by atoms with Gasteiger partial charge in [-0.1, -0.05) is 42.5 Å². The second-order valence-corrected chi connectivity index (χ2v) is 17.3. The van der Waals surface area contributed by atoms with Gasteiger partial charge in [0.1, 0.15) is 36.7 Å². The summed E-state index contributed by atoms with van der Waals surface area (Å²) in [5, 5.41) is 30.1. The third-order valence-corrected chi connectivity index (χ3v) is 12.4. The SMILES string of the molecule is O=C1c2cccc(OCCOCCOCCOCCN3C=C(CN4CCC(Nc5cccc6c5cc(-c5ccc(CNc7cncnc7)cc5)n6CC(F)(F)F)CC4)NN3)c2C(=O)c2c(O)ccc(O)c21. The molecule has 71 heavy (non-hydrogen) atoms. The largest absolute Gasteiger partial charge is 0.507 e. The van der Waals surface area contributed by atoms with Crippen LogP contribution in [0.5, 0.6) is 17.2 Å². The van der Waals surface area contributed by atoms with Crippen molar-refractivity contribution in [3.05, 3.63) is 137 Å². The number of aromatic hydroxyl groups is 2. The van der Waals surface area contributed by atoms with Crippen LogP contribution in [0.2, 0.25) is 0 Å². The molecule has 2 aromatic heterocycles. The lowest BCUT2D eigenvalue weighted by atomic mass is 9.82. The van der Waals surface area contributed by atoms with E-state index in [1.165, 1.54) is 29.1 Å². The Bertz CT molecular complexity index is 2860. The highest BCUT2D eigenvalue weighted by molar-refractivity contribution is 6.31. The Kier molecular flexibility index (Phi) is 15.3. The van der Waals surface area contributed by atoms with Gasteiger partial charge in [0, 0.05) is 60.8 Å². The van der Waals surface area contributed by atoms with E-state index in [4.69, 9.17) is 18.9 Å². The van der Waals surface area contributed by atoms with Crippen LogP contribution in [0, 0.1) is 0 Å². The fraction of sp³-hybridized carbons (Fsp3) is 0.333. The molecule has 20 heteroatoms. The number of fused-ring (bicyclic) bond motifs is 3. The zero-order valence-electron chi connectivity index (χ0n) is 38.7. The molecule has 6 N–H and O–H groups in total. The lowest BCUT2D eigenvalue weighted by Gasteiger charge is -2.33. The third kappa shape index (κ3) is 11.9. The Morgan fingerprint density at radius 1 is 0.775 bits per heavy atom. The normalized spacial score (nSPS) is 15.1. The third-order valence-electron chi connectivity index (χ3n) is 12.4. The summed E-state index contributed by atoms with van der Waals surface area (Å²) in [6, 6.07) is 22.1. The Morgan fingerprint density at radius 3 is 2.17 bits per heavy atom. The van der Waals surface area contributed by atoms with Crippen molar-refractivity contribution in [2.24, 2.45) is 0 Å². The number of hydrogen-bond donors (Lipinski definition) is 6. The molecule has 1 saturated heterocycles. The van der Waals surface area contributed by atoms with E-state index in [-0.39, 0.29) is 53.0 Å². The summed E-state index contributed by atoms with van der Waals surface area (Å²) < 4.78 is 66.1. The Hall–Kier alpha value is -7.23. The van der Waals surface area contributed by atoms with Crippen LogP contribution >= 0.6 is 0 Å². The molecule has 4 heterocycles. The summed E-state index contributed by atoms with van der Waals surface area (Å²) in [5.41, 5.74) is 11.4. The van der Waals surface area contributed by atoms with E-state index in [1.54, 1.807) is 30.6 Å². The van der Waals surface area contributed by atoms with Crippen molar-refractivity contribution >= 4 is 33.8 Å². The summed E-state index contributed by atoms with van der Waals surface area (Å²) >= 11 is 0. The number of benzene rings is 4. The molecule has 9 rings (SSSR count). The van der Waals surface area contributed by atoms with Gasteiger partial charge in [0.2, 0.25) is 5.78 Å². The molecule has 0 saturated carbocycles. The molecular formula is C51H54F3N9O8. The number of piperidine rings is 1. The molecule has 0 unspecified atom stereocenters. The van der Waals surface area contributed by atoms with Crippen LogP contribution in [0.4, 0.5) is 24.5 Å². The van der Waals surface area contributed by atoms with Crippen LogP contribution < -0.4 is 26.3 Å². The zero-order valence-corrected chi connectivity index (χ0v) is 38.7. The number of alkyl halides is 3. The molecule has 0 bridgehead atoms. The van der Waals surface area contributed by atoms with E-state index in [0.29, 0.717) is 62.9 Å². The standard InChI is InChI=1S/C51H54F3N9O8/c52-51(53,54)31-63-41-5-2-4-40(39(41)25-42(63)34-9-7-33(8-10-34)26-57-36-27-55-32-56-28-36)58-35-13-15-61(16-14-35)29-37-30-62(60-59-37)17-18-68-19-20-69-21-22-70-23-24-71-45-6-1-3-38-46(45)50(67)48-44(65)12-11-43(64)47(48)49(38)66/h1-12,25,27-28,30,32,35,57-60,64-65H,13-24,26,29,31H2. The predicted octanol–water partition coefficient (Wildman–Crippen LogP) is 6.63. The number of phenolic OH excluding ortho intramolecular Hbond substituents is 2. The van der Waals surface area contributed by atoms with E-state index < -0.39 is 30.0 Å². The summed E-state index contributed by atoms with van der Waals surface area (Å²) in [6.45, 7) is 4.67. The van der Waals surface area contributed by atoms with Gasteiger partial charge in [0.05, 0.1) is 92.2 Å². The quantitative estimate of drug-likeness (QED) is 0.0313. The fourth-order valence-electron chi connectivity index (χ4n) is 8.97. The number of aromatic nitrogens is 3. The van der Waals surface area contributed by atoms with E-state index in [1.807, 2.05) is 53.7 Å². The predicted molar refractivity (Wildman–Crippen MR) is 258 cm³/mol. The number of carbonyl (C=O) groups excluding carboxylic acids is 2. The summed E-state index contributed by atoms with van der Waals surface area (Å²) in [4.78, 5) is 36.7. The van der Waals surface area contributed by atoms with Crippen molar-refractivity contribution < 1.29 is 51.9 Å². The number of ether oxygens (including phenoxy) is 4. The van der Waals surface area contributed by atoms with Crippen LogP contribution in [0.15, 0.2) is 109 Å². The van der Waals surface area contributed by atoms with Gasteiger partial charge in [-0.3, -0.25) is 19.5 Å². The van der Waals surface area contributed by atoms with Gasteiger partial charge in [0.25, 0.3) is 0 Å². The van der Waals surface area contributed by atoms with Gasteiger partial charge in [-0.05, 0) is 60.4 Å². The topological polar surface area (TPSA) is 197 Å². The fourth-order valence-corrected chi connectivity index (χ4v) is 8.97. The van der Waals surface area contributed by atoms with Crippen molar-refractivity contribution in [2.75, 3.05) is 83.1 Å². The summed E-state index contributed by atoms with van der Waals surface area (Å²) in [6.07, 6.45) is 4.18. The highest BCUT2D eigenvalue weighted by atomic mass is 19.4. The zero-order chi connectivity index (χ0) is 49.3. The van der Waals surface area contributed by atoms with Crippen molar-refractivity contribution in [2.45, 2.75) is 38.1 Å². The second kappa shape index (κ2) is 22.2. The monoisotopic (exact) mass is 977 g/mol. The Balaban J connectivity index is 0.656. The van der Waals surface area contributed by atoms with Crippen molar-refractivity contribution in [1.29, 1.82) is 0 Å². The first-order valence-corrected chi connectivity index (χ1v) is 23.4. The van der Waals surface area contributed by atoms with Gasteiger partial charge in [-0.2, -0.15) is 13.2 Å². The molecule has 2 aliphatic heterocycles. The average molecular weight is 978 g/mol. The first-order chi connectivity index (χ1) is 34.5. The van der Waals surface area contributed by atoms with Crippen molar-refractivity contribution in [3.8, 4) is 28.5 Å². The van der Waals surface area contributed by atoms with E-state index in [9.17, 15) is 33.0 Å². The second-order valence-electron chi connectivity index (χ2n) is 17.3. The molecule has 372 valence electrons. The maximum atomic E-state index is 14.0. The molecule has 0 radical (unpaired) electrons. The van der Waals surface area contributed by atoms with E-state index in [2.05, 4.69) is 36.5 Å². The van der Waals surface area contributed by atoms with Crippen molar-refractivity contribution in [3.63, 3.8) is 0 Å². The maximum Gasteiger partial charge on any atom is 0.406 e. The van der Waals surface area contributed by atoms with Crippen LogP contribution in [0.25, 0.3) is 22.2 Å². The number of phenols is 2. The number of carbonyl (C=O) groups is 2. The molecule has 3 aliphatic rings. The number of halogens is 3. The average Bonchev–Trinajstić information content (AvgIpc) is 3.98. The van der Waals surface area contributed by atoms with Crippen LogP contribution in [-0.4, -0.2) is 131 Å². The number of likely N-dealkylation sites (tertiary alicyclic amines) is 1. The number of nitrogens with one attached hydrogen (secondary N) is 4. The molecule has 17 nitrogen and oxygen atoms in total. The van der Waals surface area contributed by atoms with Gasteiger partial charge < -0.3 is 49.8 Å².